The van der Waals surface area contributed by atoms with E-state index in [4.69, 9.17) is 9.47 Å². The van der Waals surface area contributed by atoms with Crippen molar-refractivity contribution in [3.05, 3.63) is 92.7 Å². The first-order valence-electron chi connectivity index (χ1n) is 15.2. The van der Waals surface area contributed by atoms with Gasteiger partial charge in [0.25, 0.3) is 11.5 Å². The van der Waals surface area contributed by atoms with Gasteiger partial charge in [-0.05, 0) is 74.7 Å². The summed E-state index contributed by atoms with van der Waals surface area (Å²) in [5.74, 6) is -0.190. The Morgan fingerprint density at radius 2 is 1.63 bits per heavy atom. The Hall–Kier alpha value is -3.92. The third-order valence-electron chi connectivity index (χ3n) is 8.96. The molecule has 2 saturated heterocycles. The average molecular weight is 584 g/mol. The number of ether oxygens (including phenoxy) is 2. The smallest absolute Gasteiger partial charge is 0.253 e. The van der Waals surface area contributed by atoms with Crippen LogP contribution in [0.2, 0.25) is 0 Å². The van der Waals surface area contributed by atoms with E-state index in [1.165, 1.54) is 5.69 Å². The zero-order valence-electron chi connectivity index (χ0n) is 25.5. The molecule has 0 radical (unpaired) electrons. The molecule has 0 saturated carbocycles. The summed E-state index contributed by atoms with van der Waals surface area (Å²) in [6.07, 6.45) is 2.12. The largest absolute Gasteiger partial charge is 0.379 e. The number of aromatic amines is 1. The number of carbonyl (C=O) groups is 1. The van der Waals surface area contributed by atoms with Gasteiger partial charge >= 0.3 is 0 Å². The molecule has 226 valence electrons. The van der Waals surface area contributed by atoms with Crippen LogP contribution >= 0.6 is 0 Å². The van der Waals surface area contributed by atoms with Crippen LogP contribution in [0.5, 0.6) is 0 Å². The van der Waals surface area contributed by atoms with Crippen LogP contribution in [0.1, 0.15) is 51.4 Å². The van der Waals surface area contributed by atoms with Crippen LogP contribution in [0.15, 0.2) is 53.5 Å². The number of benzene rings is 1. The normalized spacial score (nSPS) is 16.9. The maximum Gasteiger partial charge on any atom is 0.253 e. The zero-order valence-corrected chi connectivity index (χ0v) is 25.5. The summed E-state index contributed by atoms with van der Waals surface area (Å²) in [4.78, 5) is 34.1. The number of hydrogen-bond acceptors (Lipinski definition) is 6. The summed E-state index contributed by atoms with van der Waals surface area (Å²) >= 11 is 0. The van der Waals surface area contributed by atoms with Crippen LogP contribution in [-0.2, 0) is 16.0 Å². The van der Waals surface area contributed by atoms with Crippen molar-refractivity contribution in [2.45, 2.75) is 40.3 Å². The monoisotopic (exact) mass is 583 g/mol. The van der Waals surface area contributed by atoms with Crippen LogP contribution in [0.3, 0.4) is 0 Å². The van der Waals surface area contributed by atoms with Crippen LogP contribution in [0, 0.1) is 20.8 Å². The van der Waals surface area contributed by atoms with Crippen LogP contribution in [-0.4, -0.2) is 72.8 Å². The van der Waals surface area contributed by atoms with E-state index < -0.39 is 0 Å². The summed E-state index contributed by atoms with van der Waals surface area (Å²) in [6.45, 7) is 14.5. The minimum absolute atomic E-state index is 0.0743. The lowest BCUT2D eigenvalue weighted by atomic mass is 9.98. The van der Waals surface area contributed by atoms with Gasteiger partial charge < -0.3 is 29.1 Å². The minimum Gasteiger partial charge on any atom is -0.379 e. The summed E-state index contributed by atoms with van der Waals surface area (Å²) in [7, 11) is 0. The molecule has 9 heteroatoms. The predicted molar refractivity (Wildman–Crippen MR) is 169 cm³/mol. The number of nitrogens with zero attached hydrogens (tertiary/aromatic N) is 3. The number of rotatable bonds is 7. The van der Waals surface area contributed by atoms with Crippen LogP contribution in [0.4, 0.5) is 5.69 Å². The number of anilines is 1. The highest BCUT2D eigenvalue weighted by atomic mass is 16.5. The number of aromatic nitrogens is 2. The molecule has 2 fully saturated rings. The van der Waals surface area contributed by atoms with Gasteiger partial charge in [-0.1, -0.05) is 12.1 Å². The van der Waals surface area contributed by atoms with Gasteiger partial charge in [-0.15, -0.1) is 0 Å². The highest BCUT2D eigenvalue weighted by Crippen LogP contribution is 2.34. The summed E-state index contributed by atoms with van der Waals surface area (Å²) in [5, 5.41) is 3.05. The number of nitrogens with one attached hydrogen (secondary N) is 2. The molecule has 0 bridgehead atoms. The lowest BCUT2D eigenvalue weighted by molar-refractivity contribution is 0.0187. The zero-order chi connectivity index (χ0) is 30.1. The third kappa shape index (κ3) is 5.85. The number of aryl methyl sites for hydroxylation is 2. The molecule has 0 spiro atoms. The Labute approximate surface area is 252 Å². The van der Waals surface area contributed by atoms with Gasteiger partial charge in [0.1, 0.15) is 0 Å². The molecule has 43 heavy (non-hydrogen) atoms. The molecule has 2 aliphatic heterocycles. The van der Waals surface area contributed by atoms with Gasteiger partial charge in [0.2, 0.25) is 0 Å². The minimum atomic E-state index is -0.190. The van der Waals surface area contributed by atoms with Gasteiger partial charge in [0.15, 0.2) is 0 Å². The molecule has 2 aliphatic rings. The number of hydrogen-bond donors (Lipinski definition) is 2. The van der Waals surface area contributed by atoms with E-state index >= 15 is 0 Å². The highest BCUT2D eigenvalue weighted by Gasteiger charge is 2.26. The van der Waals surface area contributed by atoms with Crippen molar-refractivity contribution < 1.29 is 14.3 Å². The quantitative estimate of drug-likeness (QED) is 0.336. The van der Waals surface area contributed by atoms with E-state index in [1.807, 2.05) is 32.9 Å². The molecular formula is C34H41N5O4. The van der Waals surface area contributed by atoms with Crippen molar-refractivity contribution in [1.82, 2.24) is 19.6 Å². The van der Waals surface area contributed by atoms with Gasteiger partial charge in [0.05, 0.1) is 31.9 Å². The number of amides is 1. The standard InChI is InChI=1S/C34H41N5O4/c1-22-19-23(2)36-34(41)30(22)21-35-33(40)29-20-31-28(26-5-7-27(8-6-26)38-13-17-43-18-14-38)9-10-39(31)32(24(29)3)25(4)37-11-15-42-16-12-37/h5-10,19-20,25H,11-18,21H2,1-4H3,(H,35,40)(H,36,41). The SMILES string of the molecule is Cc1cc(C)c(CNC(=O)c2cc3c(-c4ccc(N5CCOCC5)cc4)ccn3c(C(C)N3CCOCC3)c2C)c(=O)[nH]1. The lowest BCUT2D eigenvalue weighted by Gasteiger charge is -2.34. The number of H-pyrrole nitrogens is 1. The van der Waals surface area contributed by atoms with Crippen LogP contribution in [0.25, 0.3) is 16.6 Å². The second-order valence-corrected chi connectivity index (χ2v) is 11.6. The average Bonchev–Trinajstić information content (AvgIpc) is 3.44. The number of pyridine rings is 2. The summed E-state index contributed by atoms with van der Waals surface area (Å²) in [5.41, 5.74) is 9.06. The Morgan fingerprint density at radius 1 is 0.953 bits per heavy atom. The van der Waals surface area contributed by atoms with Gasteiger partial charge in [-0.2, -0.15) is 0 Å². The second-order valence-electron chi connectivity index (χ2n) is 11.6. The first-order chi connectivity index (χ1) is 20.8. The Bertz CT molecular complexity index is 1680. The van der Waals surface area contributed by atoms with Crippen LogP contribution < -0.4 is 15.8 Å². The molecule has 6 rings (SSSR count). The molecule has 5 heterocycles. The van der Waals surface area contributed by atoms with E-state index in [9.17, 15) is 9.59 Å². The molecule has 0 aliphatic carbocycles. The Morgan fingerprint density at radius 3 is 2.30 bits per heavy atom. The van der Waals surface area contributed by atoms with E-state index in [2.05, 4.69) is 68.0 Å². The highest BCUT2D eigenvalue weighted by molar-refractivity contribution is 5.98. The fourth-order valence-electron chi connectivity index (χ4n) is 6.54. The van der Waals surface area contributed by atoms with Gasteiger partial charge in [-0.25, -0.2) is 0 Å². The van der Waals surface area contributed by atoms with E-state index in [1.54, 1.807) is 0 Å². The molecule has 1 aromatic carbocycles. The fourth-order valence-corrected chi connectivity index (χ4v) is 6.54. The molecule has 3 aromatic heterocycles. The predicted octanol–water partition coefficient (Wildman–Crippen LogP) is 4.38. The summed E-state index contributed by atoms with van der Waals surface area (Å²) < 4.78 is 13.4. The third-order valence-corrected chi connectivity index (χ3v) is 8.96. The van der Waals surface area contributed by atoms with Crippen molar-refractivity contribution in [2.24, 2.45) is 0 Å². The number of morpholine rings is 2. The van der Waals surface area contributed by atoms with Crippen molar-refractivity contribution in [3.63, 3.8) is 0 Å². The van der Waals surface area contributed by atoms with Gasteiger partial charge in [-0.3, -0.25) is 14.5 Å². The molecule has 9 nitrogen and oxygen atoms in total. The molecular weight excluding hydrogens is 542 g/mol. The first-order valence-corrected chi connectivity index (χ1v) is 15.2. The Balaban J connectivity index is 1.39. The molecule has 4 aromatic rings. The van der Waals surface area contributed by atoms with Crippen molar-refractivity contribution >= 4 is 17.1 Å². The molecule has 2 N–H and O–H groups in total. The van der Waals surface area contributed by atoms with Crippen molar-refractivity contribution in [3.8, 4) is 11.1 Å². The molecule has 1 amide bonds. The van der Waals surface area contributed by atoms with E-state index in [0.29, 0.717) is 24.3 Å². The van der Waals surface area contributed by atoms with E-state index in [0.717, 1.165) is 78.6 Å². The maximum atomic E-state index is 13.8. The van der Waals surface area contributed by atoms with E-state index in [-0.39, 0.29) is 24.1 Å². The summed E-state index contributed by atoms with van der Waals surface area (Å²) in [6, 6.07) is 14.8. The van der Waals surface area contributed by atoms with Crippen molar-refractivity contribution in [2.75, 3.05) is 57.5 Å². The topological polar surface area (TPSA) is 91.3 Å². The fraction of sp³-hybridized carbons (Fsp3) is 0.412. The van der Waals surface area contributed by atoms with Gasteiger partial charge in [0, 0.05) is 78.7 Å². The Kier molecular flexibility index (Phi) is 8.38. The lowest BCUT2D eigenvalue weighted by Crippen LogP contribution is -2.39. The van der Waals surface area contributed by atoms with Crippen molar-refractivity contribution in [1.29, 1.82) is 0 Å². The number of carbonyl (C=O) groups excluding carboxylic acids is 1. The first kappa shape index (κ1) is 29.2. The number of fused-ring (bicyclic) bond motifs is 1. The molecule has 1 atom stereocenters. The second kappa shape index (κ2) is 12.4. The maximum absolute atomic E-state index is 13.8. The molecule has 1 unspecified atom stereocenters.